The molecule has 2 rings (SSSR count). The fraction of sp³-hybridized carbons (Fsp3) is 0.316. The molecule has 0 heterocycles. The molecule has 1 atom stereocenters. The average molecular weight is 297 g/mol. The van der Waals surface area contributed by atoms with Crippen molar-refractivity contribution >= 4 is 5.91 Å². The fourth-order valence-electron chi connectivity index (χ4n) is 2.23. The zero-order valence-electron chi connectivity index (χ0n) is 13.7. The lowest BCUT2D eigenvalue weighted by Gasteiger charge is -2.22. The van der Waals surface area contributed by atoms with E-state index in [2.05, 4.69) is 19.1 Å². The predicted octanol–water partition coefficient (Wildman–Crippen LogP) is 3.73. The topological polar surface area (TPSA) is 29.5 Å². The normalized spacial score (nSPS) is 11.8. The molecule has 2 aromatic carbocycles. The highest BCUT2D eigenvalue weighted by Gasteiger charge is 2.19. The monoisotopic (exact) mass is 297 g/mol. The highest BCUT2D eigenvalue weighted by molar-refractivity contribution is 5.80. The second-order valence-electron chi connectivity index (χ2n) is 5.75. The molecule has 22 heavy (non-hydrogen) atoms. The van der Waals surface area contributed by atoms with Gasteiger partial charge in [-0.25, -0.2) is 0 Å². The first kappa shape index (κ1) is 16.1. The summed E-state index contributed by atoms with van der Waals surface area (Å²) in [6, 6.07) is 15.9. The summed E-state index contributed by atoms with van der Waals surface area (Å²) in [6.45, 7) is 6.44. The Morgan fingerprint density at radius 2 is 1.50 bits per heavy atom. The first-order valence-corrected chi connectivity index (χ1v) is 7.49. The predicted molar refractivity (Wildman–Crippen MR) is 88.9 cm³/mol. The standard InChI is InChI=1S/C19H23NO2/c1-14-5-9-17(10-6-14)13-20(4)19(21)16(3)22-18-11-7-15(2)8-12-18/h5-12,16H,13H2,1-4H3/t16-/m0/s1. The molecule has 1 amide bonds. The molecule has 0 unspecified atom stereocenters. The number of hydrogen-bond acceptors (Lipinski definition) is 2. The summed E-state index contributed by atoms with van der Waals surface area (Å²) in [5.41, 5.74) is 3.50. The number of aryl methyl sites for hydroxylation is 2. The second kappa shape index (κ2) is 7.12. The van der Waals surface area contributed by atoms with Crippen molar-refractivity contribution < 1.29 is 9.53 Å². The highest BCUT2D eigenvalue weighted by Crippen LogP contribution is 2.15. The molecule has 0 saturated carbocycles. The number of amides is 1. The van der Waals surface area contributed by atoms with Crippen LogP contribution in [0.15, 0.2) is 48.5 Å². The van der Waals surface area contributed by atoms with Crippen LogP contribution in [0.3, 0.4) is 0 Å². The van der Waals surface area contributed by atoms with E-state index in [0.717, 1.165) is 11.3 Å². The first-order chi connectivity index (χ1) is 10.5. The maximum atomic E-state index is 12.4. The van der Waals surface area contributed by atoms with Crippen molar-refractivity contribution in [3.63, 3.8) is 0 Å². The summed E-state index contributed by atoms with van der Waals surface area (Å²) >= 11 is 0. The van der Waals surface area contributed by atoms with Crippen molar-refractivity contribution in [2.75, 3.05) is 7.05 Å². The van der Waals surface area contributed by atoms with E-state index in [1.54, 1.807) is 18.9 Å². The van der Waals surface area contributed by atoms with Gasteiger partial charge in [-0.15, -0.1) is 0 Å². The lowest BCUT2D eigenvalue weighted by molar-refractivity contribution is -0.137. The SMILES string of the molecule is Cc1ccc(CN(C)C(=O)[C@H](C)Oc2ccc(C)cc2)cc1. The third-order valence-electron chi connectivity index (χ3n) is 3.60. The molecule has 0 aromatic heterocycles. The maximum Gasteiger partial charge on any atom is 0.263 e. The van der Waals surface area contributed by atoms with E-state index in [0.29, 0.717) is 6.54 Å². The minimum atomic E-state index is -0.502. The van der Waals surface area contributed by atoms with Crippen LogP contribution in [0, 0.1) is 13.8 Å². The molecule has 0 bridgehead atoms. The molecule has 0 saturated heterocycles. The Morgan fingerprint density at radius 3 is 2.05 bits per heavy atom. The number of hydrogen-bond donors (Lipinski definition) is 0. The summed E-state index contributed by atoms with van der Waals surface area (Å²) < 4.78 is 5.72. The van der Waals surface area contributed by atoms with Crippen molar-refractivity contribution in [3.05, 3.63) is 65.2 Å². The van der Waals surface area contributed by atoms with E-state index in [1.165, 1.54) is 11.1 Å². The van der Waals surface area contributed by atoms with Crippen LogP contribution >= 0.6 is 0 Å². The number of carbonyl (C=O) groups is 1. The van der Waals surface area contributed by atoms with Crippen LogP contribution in [0.1, 0.15) is 23.6 Å². The summed E-state index contributed by atoms with van der Waals surface area (Å²) in [5, 5.41) is 0. The largest absolute Gasteiger partial charge is 0.481 e. The Kier molecular flexibility index (Phi) is 5.21. The van der Waals surface area contributed by atoms with Gasteiger partial charge in [0.05, 0.1) is 0 Å². The molecule has 0 aliphatic heterocycles. The Balaban J connectivity index is 1.94. The van der Waals surface area contributed by atoms with Gasteiger partial charge in [-0.3, -0.25) is 4.79 Å². The van der Waals surface area contributed by atoms with E-state index in [9.17, 15) is 4.79 Å². The molecule has 3 heteroatoms. The van der Waals surface area contributed by atoms with Gasteiger partial charge in [-0.1, -0.05) is 47.5 Å². The fourth-order valence-corrected chi connectivity index (χ4v) is 2.23. The summed E-state index contributed by atoms with van der Waals surface area (Å²) in [5.74, 6) is 0.691. The number of rotatable bonds is 5. The summed E-state index contributed by atoms with van der Waals surface area (Å²) in [6.07, 6.45) is -0.502. The second-order valence-corrected chi connectivity index (χ2v) is 5.75. The molecule has 116 valence electrons. The highest BCUT2D eigenvalue weighted by atomic mass is 16.5. The number of likely N-dealkylation sites (N-methyl/N-ethyl adjacent to an activating group) is 1. The minimum absolute atomic E-state index is 0.0267. The van der Waals surface area contributed by atoms with Crippen molar-refractivity contribution in [1.82, 2.24) is 4.90 Å². The minimum Gasteiger partial charge on any atom is -0.481 e. The third-order valence-corrected chi connectivity index (χ3v) is 3.60. The lowest BCUT2D eigenvalue weighted by Crippen LogP contribution is -2.37. The van der Waals surface area contributed by atoms with E-state index in [-0.39, 0.29) is 5.91 Å². The van der Waals surface area contributed by atoms with Crippen molar-refractivity contribution in [2.24, 2.45) is 0 Å². The van der Waals surface area contributed by atoms with Crippen molar-refractivity contribution in [1.29, 1.82) is 0 Å². The Morgan fingerprint density at radius 1 is 1.00 bits per heavy atom. The quantitative estimate of drug-likeness (QED) is 0.841. The summed E-state index contributed by atoms with van der Waals surface area (Å²) in [7, 11) is 1.80. The van der Waals surface area contributed by atoms with Crippen LogP contribution in [0.2, 0.25) is 0 Å². The Hall–Kier alpha value is -2.29. The zero-order chi connectivity index (χ0) is 16.1. The molecule has 2 aromatic rings. The van der Waals surface area contributed by atoms with Crippen LogP contribution in [-0.4, -0.2) is 24.0 Å². The molecule has 3 nitrogen and oxygen atoms in total. The number of nitrogens with zero attached hydrogens (tertiary/aromatic N) is 1. The van der Waals surface area contributed by atoms with Crippen molar-refractivity contribution in [3.8, 4) is 5.75 Å². The third kappa shape index (κ3) is 4.35. The van der Waals surface area contributed by atoms with Crippen LogP contribution in [0.4, 0.5) is 0 Å². The first-order valence-electron chi connectivity index (χ1n) is 7.49. The smallest absolute Gasteiger partial charge is 0.263 e. The molecule has 0 radical (unpaired) electrons. The molecule has 0 spiro atoms. The molecule has 0 fully saturated rings. The van der Waals surface area contributed by atoms with Crippen LogP contribution in [-0.2, 0) is 11.3 Å². The van der Waals surface area contributed by atoms with Gasteiger partial charge < -0.3 is 9.64 Å². The molecular weight excluding hydrogens is 274 g/mol. The number of carbonyl (C=O) groups excluding carboxylic acids is 1. The van der Waals surface area contributed by atoms with Gasteiger partial charge in [-0.05, 0) is 38.5 Å². The van der Waals surface area contributed by atoms with Crippen molar-refractivity contribution in [2.45, 2.75) is 33.4 Å². The Labute approximate surface area is 132 Å². The zero-order valence-corrected chi connectivity index (χ0v) is 13.7. The van der Waals surface area contributed by atoms with Crippen LogP contribution < -0.4 is 4.74 Å². The van der Waals surface area contributed by atoms with E-state index < -0.39 is 6.10 Å². The van der Waals surface area contributed by atoms with Gasteiger partial charge in [0.1, 0.15) is 5.75 Å². The van der Waals surface area contributed by atoms with E-state index >= 15 is 0 Å². The lowest BCUT2D eigenvalue weighted by atomic mass is 10.1. The number of benzene rings is 2. The van der Waals surface area contributed by atoms with Crippen LogP contribution in [0.25, 0.3) is 0 Å². The van der Waals surface area contributed by atoms with E-state index in [1.807, 2.05) is 43.3 Å². The Bertz CT molecular complexity index is 561. The maximum absolute atomic E-state index is 12.4. The van der Waals surface area contributed by atoms with Gasteiger partial charge in [-0.2, -0.15) is 0 Å². The van der Waals surface area contributed by atoms with Gasteiger partial charge >= 0.3 is 0 Å². The van der Waals surface area contributed by atoms with Gasteiger partial charge in [0.15, 0.2) is 6.10 Å². The molecule has 0 N–H and O–H groups in total. The molecule has 0 aliphatic rings. The summed E-state index contributed by atoms with van der Waals surface area (Å²) in [4.78, 5) is 14.1. The van der Waals surface area contributed by atoms with E-state index in [4.69, 9.17) is 4.74 Å². The van der Waals surface area contributed by atoms with Gasteiger partial charge in [0.25, 0.3) is 5.91 Å². The van der Waals surface area contributed by atoms with Gasteiger partial charge in [0.2, 0.25) is 0 Å². The number of ether oxygens (including phenoxy) is 1. The van der Waals surface area contributed by atoms with Crippen LogP contribution in [0.5, 0.6) is 5.75 Å². The molecular formula is C19H23NO2. The van der Waals surface area contributed by atoms with Gasteiger partial charge in [0, 0.05) is 13.6 Å². The average Bonchev–Trinajstić information content (AvgIpc) is 2.51. The molecule has 0 aliphatic carbocycles.